The lowest BCUT2D eigenvalue weighted by molar-refractivity contribution is 0.00717. The van der Waals surface area contributed by atoms with Gasteiger partial charge in [0.2, 0.25) is 0 Å². The SMILES string of the molecule is CCC(CC)CCCCCOCCOCCOCCO. The zero-order chi connectivity index (χ0) is 14.9. The predicted molar refractivity (Wildman–Crippen MR) is 82.1 cm³/mol. The molecule has 0 saturated carbocycles. The highest BCUT2D eigenvalue weighted by atomic mass is 16.5. The molecule has 0 aromatic heterocycles. The molecule has 0 bridgehead atoms. The highest BCUT2D eigenvalue weighted by Gasteiger charge is 2.02. The van der Waals surface area contributed by atoms with Gasteiger partial charge in [-0.05, 0) is 12.3 Å². The summed E-state index contributed by atoms with van der Waals surface area (Å²) < 4.78 is 15.9. The molecule has 0 saturated heterocycles. The van der Waals surface area contributed by atoms with Crippen LogP contribution in [-0.4, -0.2) is 51.4 Å². The van der Waals surface area contributed by atoms with Crippen molar-refractivity contribution in [1.82, 2.24) is 0 Å². The van der Waals surface area contributed by atoms with Crippen molar-refractivity contribution in [2.24, 2.45) is 5.92 Å². The Morgan fingerprint density at radius 3 is 1.80 bits per heavy atom. The van der Waals surface area contributed by atoms with Gasteiger partial charge in [0.1, 0.15) is 0 Å². The van der Waals surface area contributed by atoms with Crippen LogP contribution in [0.25, 0.3) is 0 Å². The average molecular weight is 290 g/mol. The molecule has 122 valence electrons. The van der Waals surface area contributed by atoms with Crippen molar-refractivity contribution in [3.05, 3.63) is 0 Å². The second-order valence-corrected chi connectivity index (χ2v) is 5.09. The summed E-state index contributed by atoms with van der Waals surface area (Å²) in [6.07, 6.45) is 7.74. The largest absolute Gasteiger partial charge is 0.394 e. The van der Waals surface area contributed by atoms with Gasteiger partial charge in [-0.2, -0.15) is 0 Å². The number of hydrogen-bond acceptors (Lipinski definition) is 4. The maximum absolute atomic E-state index is 8.50. The third kappa shape index (κ3) is 14.3. The second kappa shape index (κ2) is 16.9. The summed E-state index contributed by atoms with van der Waals surface area (Å²) in [4.78, 5) is 0. The van der Waals surface area contributed by atoms with Gasteiger partial charge in [-0.1, -0.05) is 46.0 Å². The van der Waals surface area contributed by atoms with Gasteiger partial charge in [0, 0.05) is 6.61 Å². The summed E-state index contributed by atoms with van der Waals surface area (Å²) in [5.74, 6) is 0.914. The Morgan fingerprint density at radius 2 is 1.25 bits per heavy atom. The van der Waals surface area contributed by atoms with Gasteiger partial charge in [0.25, 0.3) is 0 Å². The number of hydrogen-bond donors (Lipinski definition) is 1. The van der Waals surface area contributed by atoms with E-state index in [1.54, 1.807) is 0 Å². The Morgan fingerprint density at radius 1 is 0.700 bits per heavy atom. The van der Waals surface area contributed by atoms with Gasteiger partial charge < -0.3 is 19.3 Å². The minimum Gasteiger partial charge on any atom is -0.394 e. The first kappa shape index (κ1) is 19.8. The fraction of sp³-hybridized carbons (Fsp3) is 1.00. The fourth-order valence-corrected chi connectivity index (χ4v) is 2.12. The number of rotatable bonds is 16. The Labute approximate surface area is 124 Å². The average Bonchev–Trinajstić information content (AvgIpc) is 2.48. The van der Waals surface area contributed by atoms with E-state index in [9.17, 15) is 0 Å². The van der Waals surface area contributed by atoms with Crippen LogP contribution in [0.15, 0.2) is 0 Å². The first-order chi connectivity index (χ1) is 9.85. The van der Waals surface area contributed by atoms with Crippen LogP contribution in [0.4, 0.5) is 0 Å². The minimum atomic E-state index is 0.0698. The number of ether oxygens (including phenoxy) is 3. The molecule has 20 heavy (non-hydrogen) atoms. The van der Waals surface area contributed by atoms with Gasteiger partial charge in [-0.25, -0.2) is 0 Å². The number of unbranched alkanes of at least 4 members (excludes halogenated alkanes) is 2. The van der Waals surface area contributed by atoms with Crippen molar-refractivity contribution in [3.63, 3.8) is 0 Å². The van der Waals surface area contributed by atoms with E-state index in [0.717, 1.165) is 18.9 Å². The summed E-state index contributed by atoms with van der Waals surface area (Å²) in [5, 5.41) is 8.50. The minimum absolute atomic E-state index is 0.0698. The molecule has 0 unspecified atom stereocenters. The lowest BCUT2D eigenvalue weighted by Crippen LogP contribution is -2.11. The fourth-order valence-electron chi connectivity index (χ4n) is 2.12. The van der Waals surface area contributed by atoms with E-state index < -0.39 is 0 Å². The number of aliphatic hydroxyl groups excluding tert-OH is 1. The summed E-state index contributed by atoms with van der Waals surface area (Å²) in [6.45, 7) is 8.25. The highest BCUT2D eigenvalue weighted by Crippen LogP contribution is 2.16. The van der Waals surface area contributed by atoms with E-state index in [1.807, 2.05) is 0 Å². The summed E-state index contributed by atoms with van der Waals surface area (Å²) in [7, 11) is 0. The first-order valence-corrected chi connectivity index (χ1v) is 8.19. The van der Waals surface area contributed by atoms with Crippen LogP contribution in [0.1, 0.15) is 52.4 Å². The molecule has 0 atom stereocenters. The highest BCUT2D eigenvalue weighted by molar-refractivity contribution is 4.55. The monoisotopic (exact) mass is 290 g/mol. The van der Waals surface area contributed by atoms with E-state index in [4.69, 9.17) is 19.3 Å². The molecule has 0 amide bonds. The zero-order valence-corrected chi connectivity index (χ0v) is 13.4. The first-order valence-electron chi connectivity index (χ1n) is 8.19. The summed E-state index contributed by atoms with van der Waals surface area (Å²) in [6, 6.07) is 0. The maximum Gasteiger partial charge on any atom is 0.0701 e. The molecule has 0 aliphatic heterocycles. The topological polar surface area (TPSA) is 47.9 Å². The molecule has 0 fully saturated rings. The quantitative estimate of drug-likeness (QED) is 0.444. The van der Waals surface area contributed by atoms with Gasteiger partial charge in [0.05, 0.1) is 39.6 Å². The molecule has 0 radical (unpaired) electrons. The smallest absolute Gasteiger partial charge is 0.0701 e. The molecule has 0 spiro atoms. The Bertz CT molecular complexity index is 172. The van der Waals surface area contributed by atoms with Crippen LogP contribution in [0.5, 0.6) is 0 Å². The Hall–Kier alpha value is -0.160. The summed E-state index contributed by atoms with van der Waals surface area (Å²) >= 11 is 0. The van der Waals surface area contributed by atoms with Crippen LogP contribution in [0.3, 0.4) is 0 Å². The van der Waals surface area contributed by atoms with Crippen molar-refractivity contribution < 1.29 is 19.3 Å². The normalized spacial score (nSPS) is 11.4. The molecule has 0 aliphatic carbocycles. The van der Waals surface area contributed by atoms with Crippen LogP contribution in [-0.2, 0) is 14.2 Å². The Kier molecular flexibility index (Phi) is 16.8. The van der Waals surface area contributed by atoms with Crippen molar-refractivity contribution in [2.75, 3.05) is 46.2 Å². The third-order valence-electron chi connectivity index (χ3n) is 3.54. The van der Waals surface area contributed by atoms with Crippen LogP contribution < -0.4 is 0 Å². The zero-order valence-electron chi connectivity index (χ0n) is 13.4. The van der Waals surface area contributed by atoms with E-state index in [-0.39, 0.29) is 6.61 Å². The molecule has 0 aliphatic rings. The van der Waals surface area contributed by atoms with Gasteiger partial charge in [-0.15, -0.1) is 0 Å². The molecular formula is C16H34O4. The molecule has 0 heterocycles. The van der Waals surface area contributed by atoms with E-state index in [1.165, 1.54) is 32.1 Å². The van der Waals surface area contributed by atoms with E-state index in [2.05, 4.69) is 13.8 Å². The second-order valence-electron chi connectivity index (χ2n) is 5.09. The maximum atomic E-state index is 8.50. The van der Waals surface area contributed by atoms with Gasteiger partial charge in [0.15, 0.2) is 0 Å². The lowest BCUT2D eigenvalue weighted by Gasteiger charge is -2.11. The third-order valence-corrected chi connectivity index (χ3v) is 3.54. The van der Waals surface area contributed by atoms with Crippen molar-refractivity contribution in [2.45, 2.75) is 52.4 Å². The molecule has 1 N–H and O–H groups in total. The lowest BCUT2D eigenvalue weighted by atomic mass is 9.96. The van der Waals surface area contributed by atoms with E-state index >= 15 is 0 Å². The predicted octanol–water partition coefficient (Wildman–Crippen LogP) is 3.03. The molecule has 0 aromatic carbocycles. The molecular weight excluding hydrogens is 256 g/mol. The van der Waals surface area contributed by atoms with Crippen LogP contribution in [0.2, 0.25) is 0 Å². The van der Waals surface area contributed by atoms with Crippen molar-refractivity contribution in [3.8, 4) is 0 Å². The van der Waals surface area contributed by atoms with Crippen LogP contribution in [0, 0.1) is 5.92 Å². The molecule has 0 rings (SSSR count). The van der Waals surface area contributed by atoms with Crippen molar-refractivity contribution >= 4 is 0 Å². The standard InChI is InChI=1S/C16H34O4/c1-3-16(4-2)8-6-5-7-10-18-12-14-20-15-13-19-11-9-17/h16-17H,3-15H2,1-2H3. The molecule has 4 heteroatoms. The van der Waals surface area contributed by atoms with Crippen LogP contribution >= 0.6 is 0 Å². The van der Waals surface area contributed by atoms with Crippen molar-refractivity contribution in [1.29, 1.82) is 0 Å². The van der Waals surface area contributed by atoms with Gasteiger partial charge >= 0.3 is 0 Å². The number of aliphatic hydroxyl groups is 1. The van der Waals surface area contributed by atoms with Gasteiger partial charge in [-0.3, -0.25) is 0 Å². The molecule has 4 nitrogen and oxygen atoms in total. The summed E-state index contributed by atoms with van der Waals surface area (Å²) in [5.41, 5.74) is 0. The molecule has 0 aromatic rings. The Balaban J connectivity index is 3.02. The van der Waals surface area contributed by atoms with E-state index in [0.29, 0.717) is 33.0 Å².